The van der Waals surface area contributed by atoms with Crippen LogP contribution in [-0.2, 0) is 17.9 Å². The van der Waals surface area contributed by atoms with Gasteiger partial charge in [0.1, 0.15) is 11.5 Å². The molecule has 2 heterocycles. The Morgan fingerprint density at radius 2 is 2.26 bits per heavy atom. The number of hydrogen-bond donors (Lipinski definition) is 2. The van der Waals surface area contributed by atoms with Gasteiger partial charge in [-0.2, -0.15) is 5.10 Å². The standard InChI is InChI=1S/C12H18N6O/c1-3-6-18-10(4-5-14-18)12-15-9(8-19-2)7-11(16-12)17-13/h4-5,7H,3,6,8,13H2,1-2H3,(H,15,16,17). The van der Waals surface area contributed by atoms with Crippen LogP contribution in [0.25, 0.3) is 11.5 Å². The van der Waals surface area contributed by atoms with E-state index < -0.39 is 0 Å². The second kappa shape index (κ2) is 6.26. The van der Waals surface area contributed by atoms with Crippen molar-refractivity contribution in [1.82, 2.24) is 19.7 Å². The minimum Gasteiger partial charge on any atom is -0.378 e. The maximum absolute atomic E-state index is 5.43. The summed E-state index contributed by atoms with van der Waals surface area (Å²) in [5.41, 5.74) is 4.18. The average molecular weight is 262 g/mol. The molecule has 0 radical (unpaired) electrons. The Morgan fingerprint density at radius 3 is 2.95 bits per heavy atom. The van der Waals surface area contributed by atoms with Gasteiger partial charge in [0.2, 0.25) is 0 Å². The number of rotatable bonds is 6. The Morgan fingerprint density at radius 1 is 1.42 bits per heavy atom. The van der Waals surface area contributed by atoms with E-state index in [1.54, 1.807) is 19.4 Å². The molecule has 3 N–H and O–H groups in total. The molecule has 0 saturated carbocycles. The first-order chi connectivity index (χ1) is 9.28. The summed E-state index contributed by atoms with van der Waals surface area (Å²) in [5, 5.41) is 4.27. The number of hydrazine groups is 1. The molecule has 0 aromatic carbocycles. The Balaban J connectivity index is 2.42. The van der Waals surface area contributed by atoms with Gasteiger partial charge in [0.05, 0.1) is 12.3 Å². The fourth-order valence-electron chi connectivity index (χ4n) is 1.82. The fourth-order valence-corrected chi connectivity index (χ4v) is 1.82. The largest absolute Gasteiger partial charge is 0.378 e. The van der Waals surface area contributed by atoms with E-state index in [1.807, 2.05) is 10.7 Å². The monoisotopic (exact) mass is 262 g/mol. The second-order valence-electron chi connectivity index (χ2n) is 4.09. The Bertz CT molecular complexity index is 539. The third kappa shape index (κ3) is 3.07. The van der Waals surface area contributed by atoms with Crippen LogP contribution in [0.15, 0.2) is 18.3 Å². The first kappa shape index (κ1) is 13.4. The summed E-state index contributed by atoms with van der Waals surface area (Å²) in [6.07, 6.45) is 2.74. The number of aromatic nitrogens is 4. The number of nitrogens with one attached hydrogen (secondary N) is 1. The number of anilines is 1. The molecular weight excluding hydrogens is 244 g/mol. The molecule has 0 atom stereocenters. The molecule has 2 aromatic heterocycles. The molecule has 0 saturated heterocycles. The van der Waals surface area contributed by atoms with Crippen LogP contribution >= 0.6 is 0 Å². The zero-order chi connectivity index (χ0) is 13.7. The van der Waals surface area contributed by atoms with Crippen molar-refractivity contribution in [2.75, 3.05) is 12.5 Å². The smallest absolute Gasteiger partial charge is 0.180 e. The molecular formula is C12H18N6O. The minimum atomic E-state index is 0.409. The molecule has 0 aliphatic rings. The summed E-state index contributed by atoms with van der Waals surface area (Å²) >= 11 is 0. The Kier molecular flexibility index (Phi) is 4.43. The van der Waals surface area contributed by atoms with Gasteiger partial charge < -0.3 is 10.2 Å². The topological polar surface area (TPSA) is 90.9 Å². The van der Waals surface area contributed by atoms with Gasteiger partial charge in [-0.1, -0.05) is 6.92 Å². The van der Waals surface area contributed by atoms with Crippen LogP contribution in [0.3, 0.4) is 0 Å². The summed E-state index contributed by atoms with van der Waals surface area (Å²) in [4.78, 5) is 8.82. The van der Waals surface area contributed by atoms with Gasteiger partial charge in [-0.3, -0.25) is 4.68 Å². The molecule has 0 aliphatic carbocycles. The van der Waals surface area contributed by atoms with Crippen molar-refractivity contribution in [3.63, 3.8) is 0 Å². The van der Waals surface area contributed by atoms with Crippen LogP contribution in [0.2, 0.25) is 0 Å². The lowest BCUT2D eigenvalue weighted by atomic mass is 10.3. The zero-order valence-corrected chi connectivity index (χ0v) is 11.1. The van der Waals surface area contributed by atoms with Crippen LogP contribution < -0.4 is 11.3 Å². The van der Waals surface area contributed by atoms with Gasteiger partial charge in [0, 0.05) is 25.9 Å². The van der Waals surface area contributed by atoms with E-state index in [-0.39, 0.29) is 0 Å². The van der Waals surface area contributed by atoms with Gasteiger partial charge in [-0.05, 0) is 12.5 Å². The number of ether oxygens (including phenoxy) is 1. The van der Waals surface area contributed by atoms with E-state index in [2.05, 4.69) is 27.4 Å². The number of nitrogen functional groups attached to an aromatic ring is 1. The van der Waals surface area contributed by atoms with Crippen LogP contribution in [0.1, 0.15) is 19.0 Å². The van der Waals surface area contributed by atoms with Crippen molar-refractivity contribution in [3.8, 4) is 11.5 Å². The molecule has 102 valence electrons. The first-order valence-corrected chi connectivity index (χ1v) is 6.14. The highest BCUT2D eigenvalue weighted by molar-refractivity contribution is 5.53. The Hall–Kier alpha value is -1.99. The molecule has 0 unspecified atom stereocenters. The molecule has 2 aromatic rings. The van der Waals surface area contributed by atoms with E-state index in [4.69, 9.17) is 10.6 Å². The van der Waals surface area contributed by atoms with E-state index in [0.717, 1.165) is 24.4 Å². The number of hydrogen-bond acceptors (Lipinski definition) is 6. The van der Waals surface area contributed by atoms with Gasteiger partial charge in [0.25, 0.3) is 0 Å². The normalized spacial score (nSPS) is 10.7. The van der Waals surface area contributed by atoms with Crippen molar-refractivity contribution in [2.45, 2.75) is 26.5 Å². The molecule has 19 heavy (non-hydrogen) atoms. The summed E-state index contributed by atoms with van der Waals surface area (Å²) in [6.45, 7) is 3.33. The van der Waals surface area contributed by atoms with Crippen molar-refractivity contribution in [3.05, 3.63) is 24.0 Å². The summed E-state index contributed by atoms with van der Waals surface area (Å²) in [6, 6.07) is 3.65. The van der Waals surface area contributed by atoms with Crippen molar-refractivity contribution < 1.29 is 4.74 Å². The number of methoxy groups -OCH3 is 1. The van der Waals surface area contributed by atoms with Crippen LogP contribution in [0, 0.1) is 0 Å². The second-order valence-corrected chi connectivity index (χ2v) is 4.09. The molecule has 0 amide bonds. The highest BCUT2D eigenvalue weighted by atomic mass is 16.5. The zero-order valence-electron chi connectivity index (χ0n) is 11.1. The summed E-state index contributed by atoms with van der Waals surface area (Å²) < 4.78 is 6.98. The Labute approximate surface area is 111 Å². The van der Waals surface area contributed by atoms with Crippen molar-refractivity contribution in [2.24, 2.45) is 5.84 Å². The lowest BCUT2D eigenvalue weighted by Gasteiger charge is -2.09. The van der Waals surface area contributed by atoms with Crippen molar-refractivity contribution in [1.29, 1.82) is 0 Å². The maximum atomic E-state index is 5.43. The first-order valence-electron chi connectivity index (χ1n) is 6.14. The van der Waals surface area contributed by atoms with Gasteiger partial charge in [0.15, 0.2) is 5.82 Å². The third-order valence-corrected chi connectivity index (χ3v) is 2.60. The number of aryl methyl sites for hydroxylation is 1. The van der Waals surface area contributed by atoms with E-state index >= 15 is 0 Å². The lowest BCUT2D eigenvalue weighted by molar-refractivity contribution is 0.181. The summed E-state index contributed by atoms with van der Waals surface area (Å²) in [5.74, 6) is 6.58. The van der Waals surface area contributed by atoms with Crippen molar-refractivity contribution >= 4 is 5.82 Å². The van der Waals surface area contributed by atoms with Gasteiger partial charge >= 0.3 is 0 Å². The third-order valence-electron chi connectivity index (χ3n) is 2.60. The average Bonchev–Trinajstić information content (AvgIpc) is 2.87. The number of nitrogens with zero attached hydrogens (tertiary/aromatic N) is 4. The molecule has 2 rings (SSSR count). The quantitative estimate of drug-likeness (QED) is 0.600. The van der Waals surface area contributed by atoms with Crippen LogP contribution in [0.4, 0.5) is 5.82 Å². The number of nitrogens with two attached hydrogens (primary N) is 1. The summed E-state index contributed by atoms with van der Waals surface area (Å²) in [7, 11) is 1.62. The molecule has 0 aliphatic heterocycles. The molecule has 0 spiro atoms. The van der Waals surface area contributed by atoms with Gasteiger partial charge in [-0.15, -0.1) is 0 Å². The van der Waals surface area contributed by atoms with Crippen LogP contribution in [0.5, 0.6) is 0 Å². The molecule has 7 nitrogen and oxygen atoms in total. The minimum absolute atomic E-state index is 0.409. The lowest BCUT2D eigenvalue weighted by Crippen LogP contribution is -2.12. The SMILES string of the molecule is CCCn1nccc1-c1nc(COC)cc(NN)n1. The van der Waals surface area contributed by atoms with Gasteiger partial charge in [-0.25, -0.2) is 15.8 Å². The predicted molar refractivity (Wildman–Crippen MR) is 72.1 cm³/mol. The highest BCUT2D eigenvalue weighted by Gasteiger charge is 2.11. The highest BCUT2D eigenvalue weighted by Crippen LogP contribution is 2.18. The van der Waals surface area contributed by atoms with E-state index in [0.29, 0.717) is 18.2 Å². The van der Waals surface area contributed by atoms with E-state index in [9.17, 15) is 0 Å². The van der Waals surface area contributed by atoms with Crippen LogP contribution in [-0.4, -0.2) is 26.9 Å². The molecule has 0 bridgehead atoms. The maximum Gasteiger partial charge on any atom is 0.180 e. The predicted octanol–water partition coefficient (Wildman–Crippen LogP) is 1.18. The fraction of sp³-hybridized carbons (Fsp3) is 0.417. The molecule has 0 fully saturated rings. The van der Waals surface area contributed by atoms with E-state index in [1.165, 1.54) is 0 Å². The molecule has 7 heteroatoms.